The molecule has 0 fully saturated rings. The van der Waals surface area contributed by atoms with Gasteiger partial charge in [0, 0.05) is 18.7 Å². The summed E-state index contributed by atoms with van der Waals surface area (Å²) < 4.78 is 55.6. The monoisotopic (exact) mass is 413 g/mol. The Hall–Kier alpha value is -3.10. The first-order valence-corrected chi connectivity index (χ1v) is 10.4. The van der Waals surface area contributed by atoms with Crippen molar-refractivity contribution < 1.29 is 17.2 Å². The Labute approximate surface area is 166 Å². The van der Waals surface area contributed by atoms with Crippen LogP contribution in [0, 0.1) is 11.6 Å². The van der Waals surface area contributed by atoms with Crippen LogP contribution in [0.25, 0.3) is 22.4 Å². The van der Waals surface area contributed by atoms with E-state index in [0.717, 1.165) is 28.7 Å². The van der Waals surface area contributed by atoms with Gasteiger partial charge in [0.05, 0.1) is 15.9 Å². The van der Waals surface area contributed by atoms with E-state index in [2.05, 4.69) is 9.71 Å². The molecule has 1 aromatic heterocycles. The van der Waals surface area contributed by atoms with Crippen LogP contribution < -0.4 is 4.72 Å². The van der Waals surface area contributed by atoms with Crippen molar-refractivity contribution in [1.29, 1.82) is 0 Å². The molecule has 0 aliphatic carbocycles. The molecule has 0 bridgehead atoms. The van der Waals surface area contributed by atoms with E-state index in [0.29, 0.717) is 12.4 Å². The summed E-state index contributed by atoms with van der Waals surface area (Å²) in [6, 6.07) is 18.1. The molecule has 0 spiro atoms. The zero-order valence-corrected chi connectivity index (χ0v) is 16.0. The van der Waals surface area contributed by atoms with Crippen LogP contribution in [0.2, 0.25) is 0 Å². The predicted molar refractivity (Wildman–Crippen MR) is 107 cm³/mol. The molecule has 4 rings (SSSR count). The Balaban J connectivity index is 1.61. The van der Waals surface area contributed by atoms with E-state index >= 15 is 0 Å². The molecule has 0 amide bonds. The van der Waals surface area contributed by atoms with Gasteiger partial charge in [-0.05, 0) is 60.7 Å². The molecule has 8 heteroatoms. The first-order chi connectivity index (χ1) is 13.9. The predicted octanol–water partition coefficient (Wildman–Crippen LogP) is 3.96. The number of nitrogens with zero attached hydrogens (tertiary/aromatic N) is 2. The molecule has 4 aromatic rings. The Morgan fingerprint density at radius 2 is 1.48 bits per heavy atom. The van der Waals surface area contributed by atoms with Crippen molar-refractivity contribution in [3.63, 3.8) is 0 Å². The molecule has 0 atom stereocenters. The van der Waals surface area contributed by atoms with E-state index in [1.165, 1.54) is 24.3 Å². The van der Waals surface area contributed by atoms with Crippen molar-refractivity contribution in [3.05, 3.63) is 84.4 Å². The van der Waals surface area contributed by atoms with Gasteiger partial charge in [-0.3, -0.25) is 0 Å². The number of hydrogen-bond acceptors (Lipinski definition) is 3. The van der Waals surface area contributed by atoms with Crippen molar-refractivity contribution in [1.82, 2.24) is 14.3 Å². The third-order valence-electron chi connectivity index (χ3n) is 4.51. The maximum atomic E-state index is 13.3. The van der Waals surface area contributed by atoms with E-state index in [9.17, 15) is 17.2 Å². The Bertz CT molecular complexity index is 1250. The highest BCUT2D eigenvalue weighted by molar-refractivity contribution is 7.89. The highest BCUT2D eigenvalue weighted by Gasteiger charge is 2.16. The van der Waals surface area contributed by atoms with Gasteiger partial charge in [-0.25, -0.2) is 26.9 Å². The van der Waals surface area contributed by atoms with Crippen molar-refractivity contribution in [2.24, 2.45) is 0 Å². The summed E-state index contributed by atoms with van der Waals surface area (Å²) in [5.41, 5.74) is 2.32. The fourth-order valence-corrected chi connectivity index (χ4v) is 4.13. The maximum absolute atomic E-state index is 13.3. The van der Waals surface area contributed by atoms with Crippen LogP contribution in [0.4, 0.5) is 8.78 Å². The first-order valence-electron chi connectivity index (χ1n) is 8.90. The third-order valence-corrected chi connectivity index (χ3v) is 5.99. The second-order valence-electron chi connectivity index (χ2n) is 6.43. The molecular weight excluding hydrogens is 396 g/mol. The number of nitrogens with one attached hydrogen (secondary N) is 1. The van der Waals surface area contributed by atoms with Crippen molar-refractivity contribution in [3.8, 4) is 11.4 Å². The summed E-state index contributed by atoms with van der Waals surface area (Å²) in [6.07, 6.45) is 0. The molecule has 3 aromatic carbocycles. The zero-order valence-electron chi connectivity index (χ0n) is 15.2. The fraction of sp³-hybridized carbons (Fsp3) is 0.0952. The van der Waals surface area contributed by atoms with Gasteiger partial charge in [0.15, 0.2) is 0 Å². The SMILES string of the molecule is O=S(=O)(NCCn1c(-c2ccc(F)cc2)nc2ccccc21)c1ccc(F)cc1. The molecular formula is C21H17F2N3O2S. The average molecular weight is 413 g/mol. The van der Waals surface area contributed by atoms with Gasteiger partial charge in [0.1, 0.15) is 17.5 Å². The molecule has 148 valence electrons. The van der Waals surface area contributed by atoms with Crippen LogP contribution in [0.5, 0.6) is 0 Å². The minimum atomic E-state index is -3.77. The fourth-order valence-electron chi connectivity index (χ4n) is 3.11. The lowest BCUT2D eigenvalue weighted by molar-refractivity contribution is 0.574. The lowest BCUT2D eigenvalue weighted by atomic mass is 10.2. The van der Waals surface area contributed by atoms with Crippen LogP contribution >= 0.6 is 0 Å². The van der Waals surface area contributed by atoms with Gasteiger partial charge in [-0.2, -0.15) is 0 Å². The van der Waals surface area contributed by atoms with Gasteiger partial charge >= 0.3 is 0 Å². The number of sulfonamides is 1. The number of aromatic nitrogens is 2. The minimum Gasteiger partial charge on any atom is -0.323 e. The number of para-hydroxylation sites is 2. The van der Waals surface area contributed by atoms with Gasteiger partial charge in [-0.1, -0.05) is 12.1 Å². The average Bonchev–Trinajstić information content (AvgIpc) is 3.07. The quantitative estimate of drug-likeness (QED) is 0.520. The molecule has 0 aliphatic heterocycles. The van der Waals surface area contributed by atoms with Crippen LogP contribution in [-0.2, 0) is 16.6 Å². The third kappa shape index (κ3) is 4.03. The Morgan fingerprint density at radius 3 is 2.17 bits per heavy atom. The zero-order chi connectivity index (χ0) is 20.4. The summed E-state index contributed by atoms with van der Waals surface area (Å²) in [7, 11) is -3.77. The van der Waals surface area contributed by atoms with Crippen molar-refractivity contribution in [2.75, 3.05) is 6.54 Å². The smallest absolute Gasteiger partial charge is 0.240 e. The van der Waals surface area contributed by atoms with Crippen molar-refractivity contribution >= 4 is 21.1 Å². The van der Waals surface area contributed by atoms with Crippen LogP contribution in [0.1, 0.15) is 0 Å². The highest BCUT2D eigenvalue weighted by Crippen LogP contribution is 2.25. The summed E-state index contributed by atoms with van der Waals surface area (Å²) in [5.74, 6) is -0.228. The Morgan fingerprint density at radius 1 is 0.862 bits per heavy atom. The van der Waals surface area contributed by atoms with Gasteiger partial charge < -0.3 is 4.57 Å². The lowest BCUT2D eigenvalue weighted by Gasteiger charge is -2.11. The summed E-state index contributed by atoms with van der Waals surface area (Å²) in [6.45, 7) is 0.419. The van der Waals surface area contributed by atoms with Gasteiger partial charge in [0.2, 0.25) is 10.0 Å². The van der Waals surface area contributed by atoms with Crippen LogP contribution in [-0.4, -0.2) is 24.5 Å². The number of rotatable bonds is 6. The van der Waals surface area contributed by atoms with E-state index in [-0.39, 0.29) is 17.3 Å². The number of hydrogen-bond donors (Lipinski definition) is 1. The van der Waals surface area contributed by atoms with Gasteiger partial charge in [0.25, 0.3) is 0 Å². The number of imidazole rings is 1. The summed E-state index contributed by atoms with van der Waals surface area (Å²) >= 11 is 0. The molecule has 5 nitrogen and oxygen atoms in total. The topological polar surface area (TPSA) is 64.0 Å². The van der Waals surface area contributed by atoms with Gasteiger partial charge in [-0.15, -0.1) is 0 Å². The lowest BCUT2D eigenvalue weighted by Crippen LogP contribution is -2.27. The molecule has 0 radical (unpaired) electrons. The normalized spacial score (nSPS) is 11.8. The van der Waals surface area contributed by atoms with E-state index in [1.807, 2.05) is 28.8 Å². The second-order valence-corrected chi connectivity index (χ2v) is 8.20. The number of halogens is 2. The highest BCUT2D eigenvalue weighted by atomic mass is 32.2. The molecule has 1 heterocycles. The first kappa shape index (κ1) is 19.2. The van der Waals surface area contributed by atoms with Crippen LogP contribution in [0.15, 0.2) is 77.7 Å². The number of benzene rings is 3. The van der Waals surface area contributed by atoms with Crippen molar-refractivity contribution in [2.45, 2.75) is 11.4 Å². The molecule has 0 unspecified atom stereocenters. The minimum absolute atomic E-state index is 0.00635. The van der Waals surface area contributed by atoms with E-state index < -0.39 is 15.8 Å². The molecule has 0 saturated carbocycles. The molecule has 29 heavy (non-hydrogen) atoms. The standard InChI is InChI=1S/C21H17F2N3O2S/c22-16-7-5-15(6-8-16)21-25-19-3-1-2-4-20(19)26(21)14-13-24-29(27,28)18-11-9-17(23)10-12-18/h1-12,24H,13-14H2. The second kappa shape index (κ2) is 7.73. The van der Waals surface area contributed by atoms with E-state index in [1.54, 1.807) is 12.1 Å². The summed E-state index contributed by atoms with van der Waals surface area (Å²) in [5, 5.41) is 0. The largest absolute Gasteiger partial charge is 0.323 e. The Kier molecular flexibility index (Phi) is 5.12. The van der Waals surface area contributed by atoms with Crippen LogP contribution in [0.3, 0.4) is 0 Å². The number of fused-ring (bicyclic) bond motifs is 1. The molecule has 1 N–H and O–H groups in total. The van der Waals surface area contributed by atoms with E-state index in [4.69, 9.17) is 0 Å². The maximum Gasteiger partial charge on any atom is 0.240 e. The molecule has 0 saturated heterocycles. The molecule has 0 aliphatic rings. The summed E-state index contributed by atoms with van der Waals surface area (Å²) in [4.78, 5) is 4.61.